The van der Waals surface area contributed by atoms with Gasteiger partial charge in [-0.1, -0.05) is 23.7 Å². The summed E-state index contributed by atoms with van der Waals surface area (Å²) in [7, 11) is 0. The Morgan fingerprint density at radius 1 is 1.26 bits per heavy atom. The van der Waals surface area contributed by atoms with Crippen LogP contribution in [0, 0.1) is 10.1 Å². The number of benzene rings is 2. The second kappa shape index (κ2) is 9.75. The minimum atomic E-state index is -0.716. The number of carbonyl (C=O) groups is 2. The first-order valence-corrected chi connectivity index (χ1v) is 9.22. The molecule has 2 aromatic carbocycles. The van der Waals surface area contributed by atoms with Crippen LogP contribution in [-0.2, 0) is 14.3 Å². The number of esters is 1. The number of nitro groups is 1. The molecular weight excluding hydrogens is 392 g/mol. The fourth-order valence-electron chi connectivity index (χ4n) is 2.02. The number of nitrogens with zero attached hydrogens (tertiary/aromatic N) is 1. The van der Waals surface area contributed by atoms with Crippen molar-refractivity contribution in [2.24, 2.45) is 0 Å². The third-order valence-corrected chi connectivity index (χ3v) is 4.28. The number of amides is 1. The first-order chi connectivity index (χ1) is 12.9. The molecule has 9 heteroatoms. The van der Waals surface area contributed by atoms with Gasteiger partial charge in [-0.05, 0) is 42.2 Å². The molecule has 27 heavy (non-hydrogen) atoms. The lowest BCUT2D eigenvalue weighted by Gasteiger charge is -2.06. The van der Waals surface area contributed by atoms with E-state index in [0.29, 0.717) is 0 Å². The van der Waals surface area contributed by atoms with Gasteiger partial charge in [0.05, 0.1) is 4.92 Å². The van der Waals surface area contributed by atoms with Crippen LogP contribution in [0.15, 0.2) is 53.4 Å². The topological polar surface area (TPSA) is 98.5 Å². The Morgan fingerprint density at radius 3 is 2.59 bits per heavy atom. The molecule has 2 rings (SSSR count). The van der Waals surface area contributed by atoms with E-state index in [-0.39, 0.29) is 16.4 Å². The van der Waals surface area contributed by atoms with Crippen molar-refractivity contribution in [3.8, 4) is 0 Å². The van der Waals surface area contributed by atoms with Crippen molar-refractivity contribution in [3.63, 3.8) is 0 Å². The van der Waals surface area contributed by atoms with E-state index in [1.807, 2.05) is 30.5 Å². The Morgan fingerprint density at radius 2 is 1.96 bits per heavy atom. The number of hydrogen-bond acceptors (Lipinski definition) is 6. The molecule has 0 aliphatic carbocycles. The molecule has 0 atom stereocenters. The van der Waals surface area contributed by atoms with Gasteiger partial charge >= 0.3 is 5.97 Å². The highest BCUT2D eigenvalue weighted by Gasteiger charge is 2.16. The molecular formula is C18H15ClN2O5S. The number of ether oxygens (including phenoxy) is 1. The normalized spacial score (nSPS) is 10.6. The first-order valence-electron chi connectivity index (χ1n) is 7.61. The van der Waals surface area contributed by atoms with Crippen molar-refractivity contribution in [2.75, 3.05) is 18.2 Å². The van der Waals surface area contributed by atoms with Crippen LogP contribution in [0.3, 0.4) is 0 Å². The zero-order valence-corrected chi connectivity index (χ0v) is 15.8. The maximum atomic E-state index is 11.9. The summed E-state index contributed by atoms with van der Waals surface area (Å²) in [4.78, 5) is 35.0. The highest BCUT2D eigenvalue weighted by atomic mass is 35.5. The highest BCUT2D eigenvalue weighted by molar-refractivity contribution is 7.98. The fraction of sp³-hybridized carbons (Fsp3) is 0.111. The van der Waals surface area contributed by atoms with Gasteiger partial charge in [-0.25, -0.2) is 4.79 Å². The lowest BCUT2D eigenvalue weighted by Crippen LogP contribution is -2.20. The maximum Gasteiger partial charge on any atom is 0.331 e. The van der Waals surface area contributed by atoms with Crippen LogP contribution in [0.5, 0.6) is 0 Å². The third kappa shape index (κ3) is 6.43. The van der Waals surface area contributed by atoms with E-state index in [9.17, 15) is 19.7 Å². The number of carbonyl (C=O) groups excluding carboxylic acids is 2. The molecule has 0 unspecified atom stereocenters. The summed E-state index contributed by atoms with van der Waals surface area (Å²) in [6.45, 7) is -0.585. The van der Waals surface area contributed by atoms with E-state index in [0.717, 1.165) is 10.5 Å². The standard InChI is InChI=1S/C18H15ClN2O5S/c1-27-14-6-2-12(3-7-14)4-9-18(23)26-11-17(22)20-15-10-13(19)5-8-16(15)21(24)25/h2-10H,11H2,1H3,(H,20,22)/b9-4+. The Bertz CT molecular complexity index is 884. The van der Waals surface area contributed by atoms with Crippen molar-refractivity contribution < 1.29 is 19.2 Å². The van der Waals surface area contributed by atoms with Crippen LogP contribution in [0.25, 0.3) is 6.08 Å². The second-order valence-corrected chi connectivity index (χ2v) is 6.50. The van der Waals surface area contributed by atoms with Crippen molar-refractivity contribution >= 4 is 52.7 Å². The van der Waals surface area contributed by atoms with Crippen molar-refractivity contribution in [3.05, 3.63) is 69.2 Å². The largest absolute Gasteiger partial charge is 0.452 e. The van der Waals surface area contributed by atoms with Gasteiger partial charge in [0.25, 0.3) is 11.6 Å². The van der Waals surface area contributed by atoms with Gasteiger partial charge in [0, 0.05) is 22.1 Å². The minimum Gasteiger partial charge on any atom is -0.452 e. The van der Waals surface area contributed by atoms with Crippen molar-refractivity contribution in [2.45, 2.75) is 4.90 Å². The summed E-state index contributed by atoms with van der Waals surface area (Å²) in [5.41, 5.74) is 0.425. The summed E-state index contributed by atoms with van der Waals surface area (Å²) < 4.78 is 4.83. The molecule has 0 saturated carbocycles. The van der Waals surface area contributed by atoms with E-state index in [1.54, 1.807) is 17.8 Å². The van der Waals surface area contributed by atoms with Crippen LogP contribution in [0.4, 0.5) is 11.4 Å². The zero-order chi connectivity index (χ0) is 19.8. The second-order valence-electron chi connectivity index (χ2n) is 5.18. The molecule has 7 nitrogen and oxygen atoms in total. The first kappa shape index (κ1) is 20.5. The van der Waals surface area contributed by atoms with E-state index in [4.69, 9.17) is 16.3 Å². The summed E-state index contributed by atoms with van der Waals surface area (Å²) in [5, 5.41) is 13.5. The molecule has 0 radical (unpaired) electrons. The summed E-state index contributed by atoms with van der Waals surface area (Å²) in [6, 6.07) is 11.3. The summed E-state index contributed by atoms with van der Waals surface area (Å²) in [6.07, 6.45) is 4.72. The third-order valence-electron chi connectivity index (χ3n) is 3.30. The molecule has 0 aromatic heterocycles. The number of anilines is 1. The average Bonchev–Trinajstić information content (AvgIpc) is 2.65. The molecule has 0 heterocycles. The van der Waals surface area contributed by atoms with Gasteiger partial charge in [0.1, 0.15) is 5.69 Å². The lowest BCUT2D eigenvalue weighted by atomic mass is 10.2. The Labute approximate surface area is 164 Å². The predicted molar refractivity (Wildman–Crippen MR) is 105 cm³/mol. The van der Waals surface area contributed by atoms with Gasteiger partial charge in [-0.15, -0.1) is 11.8 Å². The van der Waals surface area contributed by atoms with E-state index in [1.165, 1.54) is 24.3 Å². The van der Waals surface area contributed by atoms with Gasteiger partial charge in [-0.3, -0.25) is 14.9 Å². The number of hydrogen-bond donors (Lipinski definition) is 1. The quantitative estimate of drug-likeness (QED) is 0.243. The van der Waals surface area contributed by atoms with Crippen molar-refractivity contribution in [1.29, 1.82) is 0 Å². The summed E-state index contributed by atoms with van der Waals surface area (Å²) in [5.74, 6) is -1.42. The number of nitrogens with one attached hydrogen (secondary N) is 1. The lowest BCUT2D eigenvalue weighted by molar-refractivity contribution is -0.383. The molecule has 1 N–H and O–H groups in total. The van der Waals surface area contributed by atoms with Crippen LogP contribution < -0.4 is 5.32 Å². The summed E-state index contributed by atoms with van der Waals surface area (Å²) >= 11 is 7.39. The SMILES string of the molecule is CSc1ccc(/C=C/C(=O)OCC(=O)Nc2cc(Cl)ccc2[N+](=O)[O-])cc1. The molecule has 0 spiro atoms. The molecule has 1 amide bonds. The molecule has 2 aromatic rings. The Balaban J connectivity index is 1.89. The zero-order valence-electron chi connectivity index (χ0n) is 14.2. The highest BCUT2D eigenvalue weighted by Crippen LogP contribution is 2.27. The smallest absolute Gasteiger partial charge is 0.331 e. The van der Waals surface area contributed by atoms with E-state index >= 15 is 0 Å². The fourth-order valence-corrected chi connectivity index (χ4v) is 2.60. The van der Waals surface area contributed by atoms with Crippen LogP contribution in [0.2, 0.25) is 5.02 Å². The number of rotatable bonds is 7. The maximum absolute atomic E-state index is 11.9. The van der Waals surface area contributed by atoms with E-state index in [2.05, 4.69) is 5.32 Å². The van der Waals surface area contributed by atoms with E-state index < -0.39 is 23.4 Å². The number of nitro benzene ring substituents is 1. The average molecular weight is 407 g/mol. The molecule has 0 bridgehead atoms. The van der Waals surface area contributed by atoms with Gasteiger partial charge in [0.2, 0.25) is 0 Å². The van der Waals surface area contributed by atoms with Gasteiger partial charge in [-0.2, -0.15) is 0 Å². The van der Waals surface area contributed by atoms with Crippen molar-refractivity contribution in [1.82, 2.24) is 0 Å². The predicted octanol–water partition coefficient (Wildman–Crippen LogP) is 4.17. The number of halogens is 1. The number of thioether (sulfide) groups is 1. The molecule has 0 aliphatic rings. The molecule has 0 aliphatic heterocycles. The Kier molecular flexibility index (Phi) is 7.39. The minimum absolute atomic E-state index is 0.0713. The molecule has 140 valence electrons. The van der Waals surface area contributed by atoms with Crippen LogP contribution in [0.1, 0.15) is 5.56 Å². The molecule has 0 saturated heterocycles. The van der Waals surface area contributed by atoms with Gasteiger partial charge in [0.15, 0.2) is 6.61 Å². The Hall–Kier alpha value is -2.84. The van der Waals surface area contributed by atoms with Crippen LogP contribution in [-0.4, -0.2) is 29.7 Å². The van der Waals surface area contributed by atoms with Gasteiger partial charge < -0.3 is 10.1 Å². The molecule has 0 fully saturated rings. The monoisotopic (exact) mass is 406 g/mol. The van der Waals surface area contributed by atoms with Crippen LogP contribution >= 0.6 is 23.4 Å².